The van der Waals surface area contributed by atoms with Gasteiger partial charge in [-0.2, -0.15) is 0 Å². The smallest absolute Gasteiger partial charge is 0.337 e. The van der Waals surface area contributed by atoms with Crippen LogP contribution in [0.4, 0.5) is 5.69 Å². The molecule has 0 heterocycles. The summed E-state index contributed by atoms with van der Waals surface area (Å²) < 4.78 is 10.2. The molecule has 3 N–H and O–H groups in total. The van der Waals surface area contributed by atoms with Crippen LogP contribution in [0.2, 0.25) is 0 Å². The Morgan fingerprint density at radius 1 is 0.812 bits per heavy atom. The Labute approximate surface area is 191 Å². The maximum absolute atomic E-state index is 11.9. The van der Waals surface area contributed by atoms with E-state index in [1.165, 1.54) is 31.4 Å². The number of amides is 3. The summed E-state index contributed by atoms with van der Waals surface area (Å²) in [4.78, 5) is 58.6. The second-order valence-electron chi connectivity index (χ2n) is 6.29. The van der Waals surface area contributed by atoms with Gasteiger partial charge in [-0.15, -0.1) is 0 Å². The van der Waals surface area contributed by atoms with Crippen LogP contribution in [-0.2, 0) is 23.9 Å². The molecule has 3 amide bonds. The van der Waals surface area contributed by atoms with Gasteiger partial charge in [-0.3, -0.25) is 30.0 Å². The van der Waals surface area contributed by atoms with Crippen molar-refractivity contribution in [1.29, 1.82) is 0 Å². The van der Waals surface area contributed by atoms with Gasteiger partial charge in [-0.25, -0.2) is 4.79 Å². The number of carbonyl (C=O) groups excluding carboxylic acids is 5. The normalized spacial score (nSPS) is 9.94. The lowest BCUT2D eigenvalue weighted by Crippen LogP contribution is -2.43. The number of anilines is 1. The van der Waals surface area contributed by atoms with Crippen LogP contribution in [0.25, 0.3) is 0 Å². The van der Waals surface area contributed by atoms with Crippen molar-refractivity contribution in [3.63, 3.8) is 0 Å². The van der Waals surface area contributed by atoms with Crippen molar-refractivity contribution in [3.8, 4) is 0 Å². The molecule has 0 aliphatic heterocycles. The largest absolute Gasteiger partial charge is 0.465 e. The first-order valence-corrected chi connectivity index (χ1v) is 10.1. The number of nitrogens with one attached hydrogen (secondary N) is 3. The molecule has 0 spiro atoms. The van der Waals surface area contributed by atoms with Gasteiger partial charge < -0.3 is 14.8 Å². The van der Waals surface area contributed by atoms with Gasteiger partial charge in [0.05, 0.1) is 19.1 Å². The lowest BCUT2D eigenvalue weighted by molar-refractivity contribution is -0.149. The molecule has 11 heteroatoms. The zero-order valence-electron chi connectivity index (χ0n) is 17.0. The molecule has 0 fully saturated rings. The highest BCUT2D eigenvalue weighted by molar-refractivity contribution is 9.10. The molecule has 2 aromatic carbocycles. The first-order chi connectivity index (χ1) is 15.3. The molecule has 0 radical (unpaired) electrons. The van der Waals surface area contributed by atoms with E-state index < -0.39 is 36.3 Å². The summed E-state index contributed by atoms with van der Waals surface area (Å²) in [5, 5.41) is 2.57. The van der Waals surface area contributed by atoms with Crippen LogP contribution in [0.1, 0.15) is 33.6 Å². The van der Waals surface area contributed by atoms with Crippen molar-refractivity contribution in [2.75, 3.05) is 19.0 Å². The number of halogens is 1. The highest BCUT2D eigenvalue weighted by atomic mass is 79.9. The maximum Gasteiger partial charge on any atom is 0.337 e. The molecule has 2 rings (SSSR count). The topological polar surface area (TPSA) is 140 Å². The number of hydrazine groups is 1. The van der Waals surface area contributed by atoms with Gasteiger partial charge in [0.25, 0.3) is 11.8 Å². The van der Waals surface area contributed by atoms with Gasteiger partial charge in [0.2, 0.25) is 5.91 Å². The predicted octanol–water partition coefficient (Wildman–Crippen LogP) is 1.96. The van der Waals surface area contributed by atoms with Gasteiger partial charge >= 0.3 is 11.9 Å². The van der Waals surface area contributed by atoms with E-state index >= 15 is 0 Å². The molecule has 0 saturated heterocycles. The minimum atomic E-state index is -0.754. The molecule has 0 aliphatic rings. The van der Waals surface area contributed by atoms with Crippen LogP contribution in [0.15, 0.2) is 53.0 Å². The number of benzene rings is 2. The van der Waals surface area contributed by atoms with E-state index in [0.717, 1.165) is 4.47 Å². The van der Waals surface area contributed by atoms with Crippen molar-refractivity contribution in [1.82, 2.24) is 10.9 Å². The Morgan fingerprint density at radius 3 is 2.06 bits per heavy atom. The fourth-order valence-corrected chi connectivity index (χ4v) is 2.57. The highest BCUT2D eigenvalue weighted by Gasteiger charge is 2.12. The zero-order chi connectivity index (χ0) is 23.5. The lowest BCUT2D eigenvalue weighted by atomic mass is 10.2. The summed E-state index contributed by atoms with van der Waals surface area (Å²) >= 11 is 3.25. The quantitative estimate of drug-likeness (QED) is 0.367. The summed E-state index contributed by atoms with van der Waals surface area (Å²) in [7, 11) is 1.26. The molecule has 0 atom stereocenters. The van der Waals surface area contributed by atoms with Crippen molar-refractivity contribution >= 4 is 51.3 Å². The third-order valence-electron chi connectivity index (χ3n) is 3.93. The van der Waals surface area contributed by atoms with Crippen molar-refractivity contribution < 1.29 is 33.4 Å². The number of methoxy groups -OCH3 is 1. The summed E-state index contributed by atoms with van der Waals surface area (Å²) in [6.45, 7) is -0.615. The van der Waals surface area contributed by atoms with Crippen LogP contribution in [0.5, 0.6) is 0 Å². The molecular formula is C21H20BrN3O7. The molecule has 0 bridgehead atoms. The summed E-state index contributed by atoms with van der Waals surface area (Å²) in [6.07, 6.45) is -0.413. The SMILES string of the molecule is COC(=O)c1ccc(NC(=O)CCC(=O)OCC(=O)NNC(=O)c2ccc(Br)cc2)cc1. The average Bonchev–Trinajstić information content (AvgIpc) is 2.80. The van der Waals surface area contributed by atoms with E-state index in [0.29, 0.717) is 16.8 Å². The Hall–Kier alpha value is -3.73. The van der Waals surface area contributed by atoms with Crippen molar-refractivity contribution in [2.45, 2.75) is 12.8 Å². The van der Waals surface area contributed by atoms with Crippen LogP contribution in [0, 0.1) is 0 Å². The van der Waals surface area contributed by atoms with E-state index in [2.05, 4.69) is 36.8 Å². The summed E-state index contributed by atoms with van der Waals surface area (Å²) in [5.74, 6) is -2.97. The minimum absolute atomic E-state index is 0.167. The average molecular weight is 506 g/mol. The maximum atomic E-state index is 11.9. The molecular weight excluding hydrogens is 486 g/mol. The highest BCUT2D eigenvalue weighted by Crippen LogP contribution is 2.11. The van der Waals surface area contributed by atoms with Gasteiger partial charge in [0.15, 0.2) is 6.61 Å². The Morgan fingerprint density at radius 2 is 1.44 bits per heavy atom. The van der Waals surface area contributed by atoms with Crippen LogP contribution < -0.4 is 16.2 Å². The Bertz CT molecular complexity index is 991. The van der Waals surface area contributed by atoms with Gasteiger partial charge in [0, 0.05) is 22.1 Å². The second-order valence-corrected chi connectivity index (χ2v) is 7.20. The van der Waals surface area contributed by atoms with Gasteiger partial charge in [-0.05, 0) is 48.5 Å². The zero-order valence-corrected chi connectivity index (χ0v) is 18.6. The fourth-order valence-electron chi connectivity index (χ4n) is 2.30. The van der Waals surface area contributed by atoms with Gasteiger partial charge in [-0.1, -0.05) is 15.9 Å². The lowest BCUT2D eigenvalue weighted by Gasteiger charge is -2.09. The number of esters is 2. The molecule has 0 saturated carbocycles. The van der Waals surface area contributed by atoms with Crippen LogP contribution in [-0.4, -0.2) is 43.4 Å². The van der Waals surface area contributed by atoms with Crippen molar-refractivity contribution in [3.05, 3.63) is 64.1 Å². The number of hydrogen-bond acceptors (Lipinski definition) is 7. The van der Waals surface area contributed by atoms with Gasteiger partial charge in [0.1, 0.15) is 0 Å². The monoisotopic (exact) mass is 505 g/mol. The third kappa shape index (κ3) is 8.19. The molecule has 0 aliphatic carbocycles. The van der Waals surface area contributed by atoms with E-state index in [1.54, 1.807) is 24.3 Å². The molecule has 10 nitrogen and oxygen atoms in total. The van der Waals surface area contributed by atoms with E-state index in [-0.39, 0.29) is 12.8 Å². The number of carbonyl (C=O) groups is 5. The predicted molar refractivity (Wildman–Crippen MR) is 116 cm³/mol. The molecule has 0 unspecified atom stereocenters. The van der Waals surface area contributed by atoms with E-state index in [1.807, 2.05) is 0 Å². The van der Waals surface area contributed by atoms with Crippen LogP contribution in [0.3, 0.4) is 0 Å². The van der Waals surface area contributed by atoms with Crippen molar-refractivity contribution in [2.24, 2.45) is 0 Å². The minimum Gasteiger partial charge on any atom is -0.465 e. The summed E-state index contributed by atoms with van der Waals surface area (Å²) in [5.41, 5.74) is 5.43. The Balaban J connectivity index is 1.65. The fraction of sp³-hybridized carbons (Fsp3) is 0.190. The number of hydrogen-bond donors (Lipinski definition) is 3. The molecule has 2 aromatic rings. The van der Waals surface area contributed by atoms with Crippen LogP contribution >= 0.6 is 15.9 Å². The second kappa shape index (κ2) is 12.2. The van der Waals surface area contributed by atoms with E-state index in [4.69, 9.17) is 4.74 Å². The first-order valence-electron chi connectivity index (χ1n) is 9.27. The molecule has 168 valence electrons. The Kier molecular flexibility index (Phi) is 9.36. The number of rotatable bonds is 8. The number of ether oxygens (including phenoxy) is 2. The standard InChI is InChI=1S/C21H20BrN3O7/c1-31-21(30)14-4-8-16(9-5-14)23-17(26)10-11-19(28)32-12-18(27)24-25-20(29)13-2-6-15(22)7-3-13/h2-9H,10-12H2,1H3,(H,23,26)(H,24,27)(H,25,29). The molecule has 32 heavy (non-hydrogen) atoms. The van der Waals surface area contributed by atoms with E-state index in [9.17, 15) is 24.0 Å². The molecule has 0 aromatic heterocycles. The third-order valence-corrected chi connectivity index (χ3v) is 4.46. The first kappa shape index (κ1) is 24.5. The summed E-state index contributed by atoms with van der Waals surface area (Å²) in [6, 6.07) is 12.5.